The molecule has 0 bridgehead atoms. The number of anilines is 1. The number of sulfonamides is 1. The highest BCUT2D eigenvalue weighted by atomic mass is 35.5. The average molecular weight is 503 g/mol. The summed E-state index contributed by atoms with van der Waals surface area (Å²) in [5.74, 6) is 1.21. The molecule has 180 valence electrons. The second kappa shape index (κ2) is 9.36. The summed E-state index contributed by atoms with van der Waals surface area (Å²) in [5.41, 5.74) is 8.59. The van der Waals surface area contributed by atoms with Crippen LogP contribution in [0.25, 0.3) is 33.1 Å². The number of fused-ring (bicyclic) bond motifs is 2. The first-order chi connectivity index (χ1) is 15.8. The van der Waals surface area contributed by atoms with Crippen LogP contribution in [0.15, 0.2) is 42.7 Å². The Bertz CT molecular complexity index is 1450. The molecule has 0 amide bonds. The predicted octanol–water partition coefficient (Wildman–Crippen LogP) is 3.65. The van der Waals surface area contributed by atoms with Crippen molar-refractivity contribution in [2.45, 2.75) is 25.8 Å². The molecule has 0 aliphatic carbocycles. The van der Waals surface area contributed by atoms with Gasteiger partial charge in [0.25, 0.3) is 0 Å². The molecule has 0 saturated carbocycles. The Morgan fingerprint density at radius 2 is 1.79 bits per heavy atom. The Morgan fingerprint density at radius 1 is 1.09 bits per heavy atom. The zero-order chi connectivity index (χ0) is 23.2. The molecule has 9 nitrogen and oxygen atoms in total. The van der Waals surface area contributed by atoms with Crippen molar-refractivity contribution in [3.8, 4) is 17.0 Å². The molecule has 3 heterocycles. The lowest BCUT2D eigenvalue weighted by Gasteiger charge is -2.30. The van der Waals surface area contributed by atoms with Gasteiger partial charge in [0.2, 0.25) is 10.0 Å². The summed E-state index contributed by atoms with van der Waals surface area (Å²) in [4.78, 5) is 8.69. The van der Waals surface area contributed by atoms with Gasteiger partial charge < -0.3 is 10.5 Å². The van der Waals surface area contributed by atoms with Crippen LogP contribution in [0, 0.1) is 0 Å². The van der Waals surface area contributed by atoms with Gasteiger partial charge in [0, 0.05) is 18.7 Å². The Morgan fingerprint density at radius 3 is 2.50 bits per heavy atom. The van der Waals surface area contributed by atoms with Crippen molar-refractivity contribution in [3.63, 3.8) is 0 Å². The number of rotatable bonds is 5. The topological polar surface area (TPSA) is 116 Å². The van der Waals surface area contributed by atoms with Crippen molar-refractivity contribution in [2.24, 2.45) is 0 Å². The predicted molar refractivity (Wildman–Crippen MR) is 136 cm³/mol. The minimum absolute atomic E-state index is 0. The van der Waals surface area contributed by atoms with Crippen molar-refractivity contribution < 1.29 is 13.2 Å². The first kappa shape index (κ1) is 24.2. The lowest BCUT2D eigenvalue weighted by Crippen LogP contribution is -2.38. The number of aromatic nitrogens is 4. The molecular formula is C23H27ClN6O3S. The molecule has 0 spiro atoms. The standard InChI is InChI=1S/C23H26N6O3S.ClH/c1-3-32-19-7-6-15-12-17(5-4-16(15)13-19)21-20-22(24)25-14-26-23(20)29(27-21)18-8-10-28(11-9-18)33(2,30)31;/h4-7,12-14,18H,3,8-11H2,1-2H3,(H2,24,25,26);1H. The molecule has 0 radical (unpaired) electrons. The van der Waals surface area contributed by atoms with Crippen LogP contribution >= 0.6 is 12.4 Å². The number of hydrogen-bond acceptors (Lipinski definition) is 7. The largest absolute Gasteiger partial charge is 0.494 e. The zero-order valence-corrected chi connectivity index (χ0v) is 20.6. The van der Waals surface area contributed by atoms with Crippen molar-refractivity contribution >= 4 is 50.1 Å². The summed E-state index contributed by atoms with van der Waals surface area (Å²) in [6, 6.07) is 12.2. The smallest absolute Gasteiger partial charge is 0.211 e. The van der Waals surface area contributed by atoms with E-state index in [2.05, 4.69) is 16.0 Å². The van der Waals surface area contributed by atoms with Gasteiger partial charge in [-0.3, -0.25) is 0 Å². The second-order valence-corrected chi connectivity index (χ2v) is 10.3. The molecule has 2 aromatic carbocycles. The van der Waals surface area contributed by atoms with Crippen LogP contribution in [0.5, 0.6) is 5.75 Å². The third-order valence-electron chi connectivity index (χ3n) is 6.15. The van der Waals surface area contributed by atoms with E-state index >= 15 is 0 Å². The molecule has 0 atom stereocenters. The maximum Gasteiger partial charge on any atom is 0.211 e. The number of piperidine rings is 1. The van der Waals surface area contributed by atoms with Crippen LogP contribution < -0.4 is 10.5 Å². The fraction of sp³-hybridized carbons (Fsp3) is 0.348. The molecule has 5 rings (SSSR count). The molecule has 2 aromatic heterocycles. The SMILES string of the molecule is CCOc1ccc2cc(-c3nn(C4CCN(S(C)(=O)=O)CC4)c4ncnc(N)c34)ccc2c1.Cl. The van der Waals surface area contributed by atoms with Gasteiger partial charge in [0.1, 0.15) is 23.6 Å². The average Bonchev–Trinajstić information content (AvgIpc) is 3.19. The van der Waals surface area contributed by atoms with Crippen LogP contribution in [0.4, 0.5) is 5.82 Å². The van der Waals surface area contributed by atoms with E-state index in [1.807, 2.05) is 41.9 Å². The lowest BCUT2D eigenvalue weighted by molar-refractivity contribution is 0.266. The third-order valence-corrected chi connectivity index (χ3v) is 7.46. The van der Waals surface area contributed by atoms with Crippen LogP contribution in [0.2, 0.25) is 0 Å². The number of benzene rings is 2. The minimum atomic E-state index is -3.20. The molecule has 2 N–H and O–H groups in total. The van der Waals surface area contributed by atoms with E-state index in [0.29, 0.717) is 49.4 Å². The van der Waals surface area contributed by atoms with E-state index in [-0.39, 0.29) is 18.4 Å². The summed E-state index contributed by atoms with van der Waals surface area (Å²) >= 11 is 0. The van der Waals surface area contributed by atoms with E-state index < -0.39 is 10.0 Å². The third kappa shape index (κ3) is 4.40. The van der Waals surface area contributed by atoms with Crippen LogP contribution in [-0.4, -0.2) is 58.4 Å². The van der Waals surface area contributed by atoms with Gasteiger partial charge in [0.15, 0.2) is 5.65 Å². The zero-order valence-electron chi connectivity index (χ0n) is 19.0. The van der Waals surface area contributed by atoms with Gasteiger partial charge in [-0.1, -0.05) is 18.2 Å². The fourth-order valence-electron chi connectivity index (χ4n) is 4.50. The monoisotopic (exact) mass is 502 g/mol. The molecule has 1 aliphatic rings. The molecule has 1 fully saturated rings. The Hall–Kier alpha value is -2.95. The van der Waals surface area contributed by atoms with Gasteiger partial charge >= 0.3 is 0 Å². The highest BCUT2D eigenvalue weighted by Gasteiger charge is 2.29. The number of nitrogen functional groups attached to an aromatic ring is 1. The van der Waals surface area contributed by atoms with Gasteiger partial charge in [-0.25, -0.2) is 27.4 Å². The van der Waals surface area contributed by atoms with Gasteiger partial charge in [0.05, 0.1) is 24.3 Å². The highest BCUT2D eigenvalue weighted by molar-refractivity contribution is 7.88. The van der Waals surface area contributed by atoms with Crippen molar-refractivity contribution in [1.82, 2.24) is 24.1 Å². The molecular weight excluding hydrogens is 476 g/mol. The van der Waals surface area contributed by atoms with E-state index in [4.69, 9.17) is 15.6 Å². The van der Waals surface area contributed by atoms with Crippen LogP contribution in [-0.2, 0) is 10.0 Å². The Kier molecular flexibility index (Phi) is 6.66. The quantitative estimate of drug-likeness (QED) is 0.442. The van der Waals surface area contributed by atoms with Gasteiger partial charge in [-0.05, 0) is 48.7 Å². The lowest BCUT2D eigenvalue weighted by atomic mass is 10.0. The summed E-state index contributed by atoms with van der Waals surface area (Å²) < 4.78 is 32.8. The van der Waals surface area contributed by atoms with Crippen LogP contribution in [0.3, 0.4) is 0 Å². The van der Waals surface area contributed by atoms with Gasteiger partial charge in [-0.15, -0.1) is 12.4 Å². The minimum Gasteiger partial charge on any atom is -0.494 e. The van der Waals surface area contributed by atoms with E-state index in [9.17, 15) is 8.42 Å². The number of ether oxygens (including phenoxy) is 1. The normalized spacial score (nSPS) is 15.5. The van der Waals surface area contributed by atoms with E-state index in [0.717, 1.165) is 27.8 Å². The van der Waals surface area contributed by atoms with E-state index in [1.54, 1.807) is 0 Å². The number of nitrogens with zero attached hydrogens (tertiary/aromatic N) is 5. The maximum absolute atomic E-state index is 11.9. The molecule has 34 heavy (non-hydrogen) atoms. The molecule has 11 heteroatoms. The van der Waals surface area contributed by atoms with Crippen molar-refractivity contribution in [1.29, 1.82) is 0 Å². The van der Waals surface area contributed by atoms with Crippen LogP contribution in [0.1, 0.15) is 25.8 Å². The van der Waals surface area contributed by atoms with Gasteiger partial charge in [-0.2, -0.15) is 5.10 Å². The van der Waals surface area contributed by atoms with E-state index in [1.165, 1.54) is 16.9 Å². The van der Waals surface area contributed by atoms with Crippen molar-refractivity contribution in [3.05, 3.63) is 42.7 Å². The molecule has 4 aromatic rings. The maximum atomic E-state index is 11.9. The molecule has 0 unspecified atom stereocenters. The summed E-state index contributed by atoms with van der Waals surface area (Å²) in [7, 11) is -3.20. The Balaban J connectivity index is 0.00000274. The molecule has 1 saturated heterocycles. The highest BCUT2D eigenvalue weighted by Crippen LogP contribution is 2.35. The molecule has 1 aliphatic heterocycles. The fourth-order valence-corrected chi connectivity index (χ4v) is 5.37. The summed E-state index contributed by atoms with van der Waals surface area (Å²) in [6.07, 6.45) is 4.01. The van der Waals surface area contributed by atoms with Crippen molar-refractivity contribution in [2.75, 3.05) is 31.7 Å². The number of hydrogen-bond donors (Lipinski definition) is 1. The second-order valence-electron chi connectivity index (χ2n) is 8.30. The first-order valence-electron chi connectivity index (χ1n) is 11.0. The number of halogens is 1. The first-order valence-corrected chi connectivity index (χ1v) is 12.8. The Labute approximate surface area is 204 Å². The number of nitrogens with two attached hydrogens (primary N) is 1. The summed E-state index contributed by atoms with van der Waals surface area (Å²) in [5, 5.41) is 7.78. The summed E-state index contributed by atoms with van der Waals surface area (Å²) in [6.45, 7) is 3.50.